The van der Waals surface area contributed by atoms with Crippen molar-refractivity contribution in [3.05, 3.63) is 65.6 Å². The maximum Gasteiger partial charge on any atom is 0.269 e. The molecule has 2 aliphatic heterocycles. The first kappa shape index (κ1) is 18.2. The molecule has 0 radical (unpaired) electrons. The van der Waals surface area contributed by atoms with Gasteiger partial charge < -0.3 is 10.1 Å². The van der Waals surface area contributed by atoms with E-state index in [1.807, 2.05) is 26.0 Å². The Morgan fingerprint density at radius 2 is 2.20 bits per heavy atom. The fourth-order valence-electron chi connectivity index (χ4n) is 3.84. The van der Waals surface area contributed by atoms with Crippen LogP contribution >= 0.6 is 0 Å². The fraction of sp³-hybridized carbons (Fsp3) is 0.227. The number of rotatable bonds is 3. The van der Waals surface area contributed by atoms with Gasteiger partial charge in [0.25, 0.3) is 11.8 Å². The van der Waals surface area contributed by atoms with Gasteiger partial charge in [-0.15, -0.1) is 0 Å². The van der Waals surface area contributed by atoms with Gasteiger partial charge in [0.05, 0.1) is 6.20 Å². The zero-order chi connectivity index (χ0) is 20.9. The number of carbonyl (C=O) groups excluding carboxylic acids is 2. The highest BCUT2D eigenvalue weighted by Crippen LogP contribution is 2.40. The van der Waals surface area contributed by atoms with Gasteiger partial charge in [0.1, 0.15) is 16.9 Å². The lowest BCUT2D eigenvalue weighted by molar-refractivity contribution is -0.113. The van der Waals surface area contributed by atoms with Gasteiger partial charge in [-0.05, 0) is 37.6 Å². The second-order valence-corrected chi connectivity index (χ2v) is 7.99. The van der Waals surface area contributed by atoms with Crippen LogP contribution in [-0.2, 0) is 11.2 Å². The summed E-state index contributed by atoms with van der Waals surface area (Å²) in [6, 6.07) is 5.61. The fourth-order valence-corrected chi connectivity index (χ4v) is 3.84. The number of hydrogen-bond donors (Lipinski definition) is 1. The first-order valence-corrected chi connectivity index (χ1v) is 9.61. The Balaban J connectivity index is 1.55. The molecule has 4 heterocycles. The lowest BCUT2D eigenvalue weighted by atomic mass is 9.93. The zero-order valence-corrected chi connectivity index (χ0v) is 16.5. The zero-order valence-electron chi connectivity index (χ0n) is 16.5. The molecule has 0 saturated heterocycles. The first-order valence-electron chi connectivity index (χ1n) is 9.61. The summed E-state index contributed by atoms with van der Waals surface area (Å²) in [5.41, 5.74) is 3.00. The summed E-state index contributed by atoms with van der Waals surface area (Å²) in [6.45, 7) is 4.05. The van der Waals surface area contributed by atoms with Crippen LogP contribution in [0.4, 0.5) is 5.69 Å². The van der Waals surface area contributed by atoms with E-state index in [0.29, 0.717) is 16.9 Å². The van der Waals surface area contributed by atoms with Crippen LogP contribution in [0, 0.1) is 0 Å². The molecule has 0 bridgehead atoms. The molecule has 8 nitrogen and oxygen atoms in total. The van der Waals surface area contributed by atoms with E-state index in [1.165, 1.54) is 12.3 Å². The number of hydrogen-bond acceptors (Lipinski definition) is 5. The SMILES string of the molecule is CC1(C)Cc2cc(NC(=O)c3cnn4cccnc34)c(C3C=CC(=O)N=C3)cc2O1. The van der Waals surface area contributed by atoms with Crippen molar-refractivity contribution in [2.45, 2.75) is 31.8 Å². The van der Waals surface area contributed by atoms with E-state index in [4.69, 9.17) is 4.74 Å². The summed E-state index contributed by atoms with van der Waals surface area (Å²) >= 11 is 0. The number of allylic oxidation sites excluding steroid dienone is 1. The average molecular weight is 401 g/mol. The number of nitrogens with zero attached hydrogens (tertiary/aromatic N) is 4. The summed E-state index contributed by atoms with van der Waals surface area (Å²) in [5.74, 6) is -0.0781. The molecule has 1 N–H and O–H groups in total. The summed E-state index contributed by atoms with van der Waals surface area (Å²) in [7, 11) is 0. The van der Waals surface area contributed by atoms with E-state index in [2.05, 4.69) is 20.4 Å². The summed E-state index contributed by atoms with van der Waals surface area (Å²) in [5, 5.41) is 7.18. The highest BCUT2D eigenvalue weighted by molar-refractivity contribution is 6.09. The number of nitrogens with one attached hydrogen (secondary N) is 1. The van der Waals surface area contributed by atoms with Crippen LogP contribution in [-0.4, -0.2) is 38.2 Å². The number of aliphatic imine (C=N–C) groups is 1. The van der Waals surface area contributed by atoms with Gasteiger partial charge >= 0.3 is 0 Å². The van der Waals surface area contributed by atoms with Crippen LogP contribution in [0.5, 0.6) is 5.75 Å². The largest absolute Gasteiger partial charge is 0.487 e. The monoisotopic (exact) mass is 401 g/mol. The molecule has 150 valence electrons. The van der Waals surface area contributed by atoms with Crippen LogP contribution in [0.15, 0.2) is 53.9 Å². The van der Waals surface area contributed by atoms with E-state index < -0.39 is 0 Å². The molecule has 2 aromatic heterocycles. The Hall–Kier alpha value is -3.81. The van der Waals surface area contributed by atoms with Crippen molar-refractivity contribution in [2.75, 3.05) is 5.32 Å². The van der Waals surface area contributed by atoms with E-state index in [1.54, 1.807) is 35.3 Å². The van der Waals surface area contributed by atoms with E-state index in [0.717, 1.165) is 23.3 Å². The lowest BCUT2D eigenvalue weighted by Gasteiger charge is -2.19. The van der Waals surface area contributed by atoms with Gasteiger partial charge in [-0.25, -0.2) is 14.5 Å². The molecule has 1 aromatic carbocycles. The highest BCUT2D eigenvalue weighted by atomic mass is 16.5. The minimum Gasteiger partial charge on any atom is -0.487 e. The molecule has 8 heteroatoms. The number of aromatic nitrogens is 3. The van der Waals surface area contributed by atoms with Crippen molar-refractivity contribution in [1.29, 1.82) is 0 Å². The molecule has 1 atom stereocenters. The third-order valence-electron chi connectivity index (χ3n) is 5.17. The van der Waals surface area contributed by atoms with Gasteiger partial charge in [0.15, 0.2) is 5.65 Å². The predicted molar refractivity (Wildman–Crippen MR) is 111 cm³/mol. The number of fused-ring (bicyclic) bond motifs is 2. The topological polar surface area (TPSA) is 98.0 Å². The van der Waals surface area contributed by atoms with Crippen molar-refractivity contribution in [2.24, 2.45) is 4.99 Å². The van der Waals surface area contributed by atoms with Crippen molar-refractivity contribution in [3.8, 4) is 5.75 Å². The Morgan fingerprint density at radius 3 is 3.00 bits per heavy atom. The summed E-state index contributed by atoms with van der Waals surface area (Å²) in [6.07, 6.45) is 10.4. The quantitative estimate of drug-likeness (QED) is 0.728. The maximum atomic E-state index is 13.1. The second kappa shape index (κ2) is 6.62. The average Bonchev–Trinajstić information content (AvgIpc) is 3.27. The number of benzene rings is 1. The van der Waals surface area contributed by atoms with Gasteiger partial charge in [-0.2, -0.15) is 5.10 Å². The Morgan fingerprint density at radius 1 is 1.33 bits per heavy atom. The lowest BCUT2D eigenvalue weighted by Crippen LogP contribution is -2.24. The number of anilines is 1. The van der Waals surface area contributed by atoms with Gasteiger partial charge in [0, 0.05) is 48.3 Å². The number of dihydropyridines is 1. The second-order valence-electron chi connectivity index (χ2n) is 7.99. The van der Waals surface area contributed by atoms with Crippen molar-refractivity contribution in [1.82, 2.24) is 14.6 Å². The highest BCUT2D eigenvalue weighted by Gasteiger charge is 2.32. The molecule has 1 unspecified atom stereocenters. The minimum absolute atomic E-state index is 0.252. The van der Waals surface area contributed by atoms with Gasteiger partial charge in [-0.1, -0.05) is 6.08 Å². The molecular weight excluding hydrogens is 382 g/mol. The van der Waals surface area contributed by atoms with Crippen molar-refractivity contribution >= 4 is 29.4 Å². The van der Waals surface area contributed by atoms with Crippen LogP contribution in [0.1, 0.15) is 41.3 Å². The Kier molecular flexibility index (Phi) is 4.02. The van der Waals surface area contributed by atoms with Crippen LogP contribution in [0.25, 0.3) is 5.65 Å². The van der Waals surface area contributed by atoms with Crippen molar-refractivity contribution < 1.29 is 14.3 Å². The van der Waals surface area contributed by atoms with Crippen LogP contribution < -0.4 is 10.1 Å². The molecule has 2 amide bonds. The van der Waals surface area contributed by atoms with E-state index >= 15 is 0 Å². The van der Waals surface area contributed by atoms with Crippen LogP contribution in [0.2, 0.25) is 0 Å². The van der Waals surface area contributed by atoms with Crippen LogP contribution in [0.3, 0.4) is 0 Å². The Labute approximate surface area is 172 Å². The van der Waals surface area contributed by atoms with E-state index in [9.17, 15) is 9.59 Å². The molecule has 0 saturated carbocycles. The number of amides is 2. The standard InChI is InChI=1S/C22H19N5O3/c1-22(2)10-14-8-17(15(9-18(14)30-22)13-4-5-19(28)24-11-13)26-21(29)16-12-25-27-7-3-6-23-20(16)27/h3-9,11-13H,10H2,1-2H3,(H,26,29). The molecule has 2 aliphatic rings. The Bertz CT molecular complexity index is 1240. The molecule has 5 rings (SSSR count). The normalized spacial score (nSPS) is 19.0. The maximum absolute atomic E-state index is 13.1. The van der Waals surface area contributed by atoms with Gasteiger partial charge in [-0.3, -0.25) is 9.59 Å². The first-order chi connectivity index (χ1) is 14.4. The summed E-state index contributed by atoms with van der Waals surface area (Å²) in [4.78, 5) is 32.7. The third-order valence-corrected chi connectivity index (χ3v) is 5.17. The molecule has 0 spiro atoms. The third kappa shape index (κ3) is 3.16. The van der Waals surface area contributed by atoms with E-state index in [-0.39, 0.29) is 23.3 Å². The minimum atomic E-state index is -0.318. The number of ether oxygens (including phenoxy) is 1. The van der Waals surface area contributed by atoms with Crippen molar-refractivity contribution in [3.63, 3.8) is 0 Å². The smallest absolute Gasteiger partial charge is 0.269 e. The molecule has 30 heavy (non-hydrogen) atoms. The van der Waals surface area contributed by atoms with Gasteiger partial charge in [0.2, 0.25) is 0 Å². The molecule has 0 aliphatic carbocycles. The molecular formula is C22H19N5O3. The summed E-state index contributed by atoms with van der Waals surface area (Å²) < 4.78 is 7.62. The molecule has 0 fully saturated rings. The predicted octanol–water partition coefficient (Wildman–Crippen LogP) is 2.95. The number of carbonyl (C=O) groups is 2. The molecule has 3 aromatic rings.